The van der Waals surface area contributed by atoms with Crippen molar-refractivity contribution >= 4 is 17.8 Å². The Labute approximate surface area is 140 Å². The molecule has 0 bridgehead atoms. The summed E-state index contributed by atoms with van der Waals surface area (Å²) < 4.78 is 5.71. The second-order valence-corrected chi connectivity index (χ2v) is 6.37. The highest BCUT2D eigenvalue weighted by Crippen LogP contribution is 2.33. The molecule has 130 valence electrons. The minimum Gasteiger partial charge on any atom is -0.433 e. The molecule has 2 fully saturated rings. The molecule has 2 amide bonds. The number of carbonyl (C=O) groups is 3. The molecule has 1 aromatic rings. The maximum absolute atomic E-state index is 12.4. The molecule has 0 radical (unpaired) electrons. The number of rotatable bonds is 5. The Morgan fingerprint density at radius 2 is 1.88 bits per heavy atom. The molecule has 3 rings (SSSR count). The van der Waals surface area contributed by atoms with Crippen LogP contribution in [0.4, 0.5) is 0 Å². The fourth-order valence-electron chi connectivity index (χ4n) is 3.24. The van der Waals surface area contributed by atoms with E-state index in [1.807, 2.05) is 6.92 Å². The van der Waals surface area contributed by atoms with Crippen molar-refractivity contribution in [3.63, 3.8) is 0 Å². The lowest BCUT2D eigenvalue weighted by Gasteiger charge is -2.17. The number of aromatic nitrogens is 1. The lowest BCUT2D eigenvalue weighted by molar-refractivity contribution is -0.173. The first kappa shape index (κ1) is 16.7. The summed E-state index contributed by atoms with van der Waals surface area (Å²) in [5, 5.41) is 0.543. The van der Waals surface area contributed by atoms with Crippen molar-refractivity contribution in [1.82, 2.24) is 10.0 Å². The van der Waals surface area contributed by atoms with E-state index in [1.165, 1.54) is 6.42 Å². The van der Waals surface area contributed by atoms with E-state index in [0.717, 1.165) is 32.1 Å². The van der Waals surface area contributed by atoms with E-state index < -0.39 is 17.8 Å². The highest BCUT2D eigenvalue weighted by molar-refractivity contribution is 6.02. The Morgan fingerprint density at radius 3 is 2.50 bits per heavy atom. The second-order valence-electron chi connectivity index (χ2n) is 6.37. The Kier molecular flexibility index (Phi) is 4.97. The van der Waals surface area contributed by atoms with Gasteiger partial charge in [0.1, 0.15) is 0 Å². The zero-order valence-corrected chi connectivity index (χ0v) is 13.9. The summed E-state index contributed by atoms with van der Waals surface area (Å²) >= 11 is 0. The van der Waals surface area contributed by atoms with E-state index in [9.17, 15) is 14.4 Å². The van der Waals surface area contributed by atoms with Crippen molar-refractivity contribution in [3.05, 3.63) is 17.3 Å². The Hall–Kier alpha value is -2.18. The molecule has 24 heavy (non-hydrogen) atoms. The number of aryl methyl sites for hydroxylation is 1. The Balaban J connectivity index is 1.79. The van der Waals surface area contributed by atoms with Gasteiger partial charge in [-0.1, -0.05) is 32.6 Å². The molecule has 1 aliphatic carbocycles. The van der Waals surface area contributed by atoms with E-state index in [1.54, 1.807) is 0 Å². The number of oxazole rings is 1. The predicted molar refractivity (Wildman–Crippen MR) is 82.8 cm³/mol. The van der Waals surface area contributed by atoms with Gasteiger partial charge in [-0.05, 0) is 19.3 Å². The third-order valence-electron chi connectivity index (χ3n) is 4.52. The van der Waals surface area contributed by atoms with Gasteiger partial charge in [0.15, 0.2) is 5.89 Å². The number of hydroxylamine groups is 2. The van der Waals surface area contributed by atoms with Crippen LogP contribution in [0.5, 0.6) is 0 Å². The van der Waals surface area contributed by atoms with Crippen LogP contribution in [0.1, 0.15) is 86.3 Å². The summed E-state index contributed by atoms with van der Waals surface area (Å²) in [6, 6.07) is 0. The summed E-state index contributed by atoms with van der Waals surface area (Å²) in [4.78, 5) is 45.0. The number of hydrogen-bond donors (Lipinski definition) is 0. The fourth-order valence-corrected chi connectivity index (χ4v) is 3.24. The average molecular weight is 334 g/mol. The normalized spacial score (nSPS) is 19.1. The standard InChI is InChI=1S/C17H22N2O5/c1-2-6-12-15(17(22)24-19-13(20)9-10-14(19)21)23-16(18-12)11-7-4-3-5-8-11/h11H,2-10H2,1H3. The average Bonchev–Trinajstić information content (AvgIpc) is 3.15. The van der Waals surface area contributed by atoms with Gasteiger partial charge in [-0.25, -0.2) is 9.78 Å². The van der Waals surface area contributed by atoms with E-state index >= 15 is 0 Å². The van der Waals surface area contributed by atoms with E-state index in [-0.39, 0.29) is 24.5 Å². The van der Waals surface area contributed by atoms with Gasteiger partial charge in [0.2, 0.25) is 5.76 Å². The van der Waals surface area contributed by atoms with Crippen LogP contribution in [-0.2, 0) is 20.8 Å². The molecule has 0 unspecified atom stereocenters. The number of amides is 2. The molecule has 1 saturated carbocycles. The molecule has 1 aromatic heterocycles. The molecule has 0 N–H and O–H groups in total. The van der Waals surface area contributed by atoms with Crippen LogP contribution in [0.15, 0.2) is 4.42 Å². The lowest BCUT2D eigenvalue weighted by atomic mass is 9.89. The van der Waals surface area contributed by atoms with Gasteiger partial charge in [-0.15, -0.1) is 5.06 Å². The molecule has 0 spiro atoms. The molecule has 1 aliphatic heterocycles. The first-order chi connectivity index (χ1) is 11.6. The number of hydrogen-bond acceptors (Lipinski definition) is 6. The minimum absolute atomic E-state index is 0.0184. The minimum atomic E-state index is -0.823. The molecule has 7 heteroatoms. The van der Waals surface area contributed by atoms with Gasteiger partial charge in [-0.2, -0.15) is 0 Å². The summed E-state index contributed by atoms with van der Waals surface area (Å²) in [6.45, 7) is 1.98. The van der Waals surface area contributed by atoms with Gasteiger partial charge in [-0.3, -0.25) is 9.59 Å². The van der Waals surface area contributed by atoms with Crippen LogP contribution in [0.25, 0.3) is 0 Å². The van der Waals surface area contributed by atoms with Gasteiger partial charge in [0, 0.05) is 18.8 Å². The van der Waals surface area contributed by atoms with Gasteiger partial charge in [0.25, 0.3) is 11.8 Å². The Bertz CT molecular complexity index is 629. The van der Waals surface area contributed by atoms with Crippen LogP contribution in [-0.4, -0.2) is 27.8 Å². The van der Waals surface area contributed by atoms with Crippen molar-refractivity contribution in [3.8, 4) is 0 Å². The molecular formula is C17H22N2O5. The van der Waals surface area contributed by atoms with E-state index in [2.05, 4.69) is 4.98 Å². The highest BCUT2D eigenvalue weighted by atomic mass is 16.7. The van der Waals surface area contributed by atoms with Gasteiger partial charge in [0.05, 0.1) is 5.69 Å². The maximum Gasteiger partial charge on any atom is 0.401 e. The van der Waals surface area contributed by atoms with Crippen molar-refractivity contribution in [1.29, 1.82) is 0 Å². The van der Waals surface area contributed by atoms with Crippen molar-refractivity contribution in [2.24, 2.45) is 0 Å². The molecule has 7 nitrogen and oxygen atoms in total. The topological polar surface area (TPSA) is 89.7 Å². The van der Waals surface area contributed by atoms with Crippen LogP contribution in [0.2, 0.25) is 0 Å². The monoisotopic (exact) mass is 334 g/mol. The fraction of sp³-hybridized carbons (Fsp3) is 0.647. The van der Waals surface area contributed by atoms with E-state index in [0.29, 0.717) is 23.1 Å². The van der Waals surface area contributed by atoms with Crippen molar-refractivity contribution < 1.29 is 23.6 Å². The van der Waals surface area contributed by atoms with Crippen LogP contribution >= 0.6 is 0 Å². The zero-order chi connectivity index (χ0) is 17.1. The molecule has 0 aromatic carbocycles. The molecule has 2 aliphatic rings. The number of imide groups is 1. The van der Waals surface area contributed by atoms with Gasteiger partial charge >= 0.3 is 5.97 Å². The quantitative estimate of drug-likeness (QED) is 0.769. The van der Waals surface area contributed by atoms with Gasteiger partial charge < -0.3 is 9.25 Å². The lowest BCUT2D eigenvalue weighted by Crippen LogP contribution is -2.32. The van der Waals surface area contributed by atoms with Crippen LogP contribution in [0.3, 0.4) is 0 Å². The molecule has 2 heterocycles. The Morgan fingerprint density at radius 1 is 1.21 bits per heavy atom. The molecule has 1 saturated heterocycles. The zero-order valence-electron chi connectivity index (χ0n) is 13.9. The van der Waals surface area contributed by atoms with E-state index in [4.69, 9.17) is 9.25 Å². The summed E-state index contributed by atoms with van der Waals surface area (Å²) in [5.41, 5.74) is 0.544. The predicted octanol–water partition coefficient (Wildman–Crippen LogP) is 2.90. The SMILES string of the molecule is CCCc1nc(C2CCCCC2)oc1C(=O)ON1C(=O)CCC1=O. The van der Waals surface area contributed by atoms with Crippen LogP contribution < -0.4 is 0 Å². The molecular weight excluding hydrogens is 312 g/mol. The third kappa shape index (κ3) is 3.34. The highest BCUT2D eigenvalue weighted by Gasteiger charge is 2.35. The number of carbonyl (C=O) groups excluding carboxylic acids is 3. The second kappa shape index (κ2) is 7.15. The van der Waals surface area contributed by atoms with Crippen molar-refractivity contribution in [2.75, 3.05) is 0 Å². The summed E-state index contributed by atoms with van der Waals surface area (Å²) in [7, 11) is 0. The smallest absolute Gasteiger partial charge is 0.401 e. The maximum atomic E-state index is 12.4. The third-order valence-corrected chi connectivity index (χ3v) is 4.52. The van der Waals surface area contributed by atoms with Crippen LogP contribution in [0, 0.1) is 0 Å². The largest absolute Gasteiger partial charge is 0.433 e. The summed E-state index contributed by atoms with van der Waals surface area (Å²) in [6.07, 6.45) is 7.01. The number of nitrogens with zero attached hydrogens (tertiary/aromatic N) is 2. The van der Waals surface area contributed by atoms with Crippen molar-refractivity contribution in [2.45, 2.75) is 70.6 Å². The molecule has 0 atom stereocenters. The first-order valence-corrected chi connectivity index (χ1v) is 8.67. The first-order valence-electron chi connectivity index (χ1n) is 8.67. The summed E-state index contributed by atoms with van der Waals surface area (Å²) in [5.74, 6) is -1.01.